The summed E-state index contributed by atoms with van der Waals surface area (Å²) in [7, 11) is 1.71. The van der Waals surface area contributed by atoms with Gasteiger partial charge in [0.25, 0.3) is 0 Å². The molecule has 0 radical (unpaired) electrons. The van der Waals surface area contributed by atoms with Gasteiger partial charge in [-0.2, -0.15) is 0 Å². The highest BCUT2D eigenvalue weighted by Crippen LogP contribution is 2.52. The fraction of sp³-hybridized carbons (Fsp3) is 0.579. The van der Waals surface area contributed by atoms with Crippen LogP contribution >= 0.6 is 35.3 Å². The number of carbonyl (C=O) groups excluding carboxylic acids is 2. The molecule has 1 aromatic rings. The van der Waals surface area contributed by atoms with Crippen molar-refractivity contribution >= 4 is 53.1 Å². The molecule has 1 aliphatic heterocycles. The molecule has 4 unspecified atom stereocenters. The average molecular weight is 515 g/mol. The normalized spacial score (nSPS) is 28.0. The van der Waals surface area contributed by atoms with E-state index >= 15 is 0 Å². The Kier molecular flexibility index (Phi) is 6.43. The molecule has 2 aliphatic carbocycles. The Bertz CT molecular complexity index is 806. The number of guanidine groups is 1. The molecule has 152 valence electrons. The maximum Gasteiger partial charge on any atom is 0.233 e. The summed E-state index contributed by atoms with van der Waals surface area (Å²) < 4.78 is 0. The lowest BCUT2D eigenvalue weighted by atomic mass is 9.85. The van der Waals surface area contributed by atoms with E-state index in [9.17, 15) is 9.59 Å². The van der Waals surface area contributed by atoms with Gasteiger partial charge in [0.1, 0.15) is 0 Å². The molecule has 2 N–H and O–H groups in total. The molecule has 2 amide bonds. The molecule has 4 atom stereocenters. The van der Waals surface area contributed by atoms with E-state index in [4.69, 9.17) is 0 Å². The molecule has 1 saturated carbocycles. The van der Waals surface area contributed by atoms with Crippen LogP contribution in [0.4, 0.5) is 0 Å². The van der Waals surface area contributed by atoms with Gasteiger partial charge in [-0.15, -0.1) is 35.3 Å². The molecule has 2 fully saturated rings. The SMILES string of the molecule is CN=C(NCCN1C(=O)C2C3C=CC(C3)C2C1=O)NCc1sc(C)nc1C.I. The fourth-order valence-electron chi connectivity index (χ4n) is 4.59. The largest absolute Gasteiger partial charge is 0.355 e. The van der Waals surface area contributed by atoms with Crippen LogP contribution in [0.5, 0.6) is 0 Å². The molecule has 0 spiro atoms. The van der Waals surface area contributed by atoms with Gasteiger partial charge in [0.05, 0.1) is 29.1 Å². The van der Waals surface area contributed by atoms with Crippen molar-refractivity contribution in [3.05, 3.63) is 27.7 Å². The van der Waals surface area contributed by atoms with E-state index < -0.39 is 0 Å². The Hall–Kier alpha value is -1.49. The molecule has 9 heteroatoms. The zero-order valence-corrected chi connectivity index (χ0v) is 19.4. The second-order valence-electron chi connectivity index (χ2n) is 7.42. The van der Waals surface area contributed by atoms with E-state index in [0.29, 0.717) is 25.6 Å². The van der Waals surface area contributed by atoms with Crippen molar-refractivity contribution in [3.8, 4) is 0 Å². The lowest BCUT2D eigenvalue weighted by molar-refractivity contribution is -0.140. The van der Waals surface area contributed by atoms with Crippen LogP contribution in [-0.2, 0) is 16.1 Å². The standard InChI is InChI=1S/C19H25N5O2S.HI/c1-10-14(27-11(2)23-10)9-22-19(20-3)21-6-7-24-17(25)15-12-4-5-13(8-12)16(15)18(24)26;/h4-5,12-13,15-16H,6-9H2,1-3H3,(H2,20,21,22);1H. The third-order valence-corrected chi connectivity index (χ3v) is 6.90. The Morgan fingerprint density at radius 3 is 2.39 bits per heavy atom. The van der Waals surface area contributed by atoms with E-state index in [2.05, 4.69) is 32.8 Å². The highest BCUT2D eigenvalue weighted by atomic mass is 127. The predicted molar refractivity (Wildman–Crippen MR) is 120 cm³/mol. The number of aromatic nitrogens is 1. The fourth-order valence-corrected chi connectivity index (χ4v) is 5.47. The number of amides is 2. The van der Waals surface area contributed by atoms with Gasteiger partial charge in [0.2, 0.25) is 11.8 Å². The highest BCUT2D eigenvalue weighted by Gasteiger charge is 2.58. The smallest absolute Gasteiger partial charge is 0.233 e. The maximum absolute atomic E-state index is 12.7. The number of nitrogens with one attached hydrogen (secondary N) is 2. The van der Waals surface area contributed by atoms with Crippen molar-refractivity contribution in [1.82, 2.24) is 20.5 Å². The van der Waals surface area contributed by atoms with Crippen LogP contribution in [0.3, 0.4) is 0 Å². The first-order valence-electron chi connectivity index (χ1n) is 9.40. The average Bonchev–Trinajstić information content (AvgIpc) is 3.38. The second kappa shape index (κ2) is 8.48. The molecule has 7 nitrogen and oxygen atoms in total. The van der Waals surface area contributed by atoms with Crippen molar-refractivity contribution in [2.24, 2.45) is 28.7 Å². The number of imide groups is 1. The number of thiazole rings is 1. The van der Waals surface area contributed by atoms with E-state index in [1.54, 1.807) is 18.4 Å². The number of halogens is 1. The van der Waals surface area contributed by atoms with Crippen molar-refractivity contribution in [1.29, 1.82) is 0 Å². The zero-order chi connectivity index (χ0) is 19.1. The highest BCUT2D eigenvalue weighted by molar-refractivity contribution is 14.0. The minimum Gasteiger partial charge on any atom is -0.355 e. The number of hydrogen-bond acceptors (Lipinski definition) is 5. The molecule has 28 heavy (non-hydrogen) atoms. The first-order valence-corrected chi connectivity index (χ1v) is 10.2. The van der Waals surface area contributed by atoms with Gasteiger partial charge in [-0.05, 0) is 32.1 Å². The Labute approximate surface area is 186 Å². The molecular formula is C19H26IN5O2S. The van der Waals surface area contributed by atoms with E-state index in [-0.39, 0.29) is 59.5 Å². The molecule has 4 rings (SSSR count). The van der Waals surface area contributed by atoms with Gasteiger partial charge in [-0.25, -0.2) is 4.98 Å². The number of carbonyl (C=O) groups is 2. The van der Waals surface area contributed by atoms with Crippen LogP contribution in [0.2, 0.25) is 0 Å². The molecule has 2 heterocycles. The number of fused-ring (bicyclic) bond motifs is 5. The summed E-state index contributed by atoms with van der Waals surface area (Å²) in [4.78, 5) is 36.6. The molecule has 1 aromatic heterocycles. The van der Waals surface area contributed by atoms with Gasteiger partial charge >= 0.3 is 0 Å². The number of allylic oxidation sites excluding steroid dienone is 2. The van der Waals surface area contributed by atoms with Crippen LogP contribution < -0.4 is 10.6 Å². The van der Waals surface area contributed by atoms with Crippen LogP contribution in [-0.4, -0.2) is 47.8 Å². The van der Waals surface area contributed by atoms with E-state index in [0.717, 1.165) is 17.1 Å². The molecule has 2 bridgehead atoms. The number of rotatable bonds is 5. The summed E-state index contributed by atoms with van der Waals surface area (Å²) in [6.45, 7) is 5.51. The summed E-state index contributed by atoms with van der Waals surface area (Å²) in [5.41, 5.74) is 1.03. The van der Waals surface area contributed by atoms with Crippen LogP contribution in [0.25, 0.3) is 0 Å². The Morgan fingerprint density at radius 1 is 1.21 bits per heavy atom. The lowest BCUT2D eigenvalue weighted by Crippen LogP contribution is -2.43. The van der Waals surface area contributed by atoms with Crippen LogP contribution in [0, 0.1) is 37.5 Å². The van der Waals surface area contributed by atoms with Crippen molar-refractivity contribution in [3.63, 3.8) is 0 Å². The first-order chi connectivity index (χ1) is 13.0. The van der Waals surface area contributed by atoms with Crippen molar-refractivity contribution < 1.29 is 9.59 Å². The third-order valence-electron chi connectivity index (χ3n) is 5.83. The predicted octanol–water partition coefficient (Wildman–Crippen LogP) is 1.85. The minimum absolute atomic E-state index is 0. The topological polar surface area (TPSA) is 86.7 Å². The maximum atomic E-state index is 12.7. The lowest BCUT2D eigenvalue weighted by Gasteiger charge is -2.18. The minimum atomic E-state index is -0.123. The summed E-state index contributed by atoms with van der Waals surface area (Å²) in [6.07, 6.45) is 5.20. The second-order valence-corrected chi connectivity index (χ2v) is 8.71. The van der Waals surface area contributed by atoms with Gasteiger partial charge in [-0.1, -0.05) is 12.2 Å². The summed E-state index contributed by atoms with van der Waals surface area (Å²) in [5.74, 6) is 0.932. The summed E-state index contributed by atoms with van der Waals surface area (Å²) in [6, 6.07) is 0. The van der Waals surface area contributed by atoms with E-state index in [1.165, 1.54) is 9.78 Å². The van der Waals surface area contributed by atoms with Gasteiger partial charge < -0.3 is 10.6 Å². The van der Waals surface area contributed by atoms with Gasteiger partial charge in [0.15, 0.2) is 5.96 Å². The Balaban J connectivity index is 0.00000225. The number of aliphatic imine (C=N–C) groups is 1. The van der Waals surface area contributed by atoms with Crippen LogP contribution in [0.15, 0.2) is 17.1 Å². The first kappa shape index (κ1) is 21.2. The number of likely N-dealkylation sites (tertiary alicyclic amines) is 1. The van der Waals surface area contributed by atoms with Crippen molar-refractivity contribution in [2.75, 3.05) is 20.1 Å². The van der Waals surface area contributed by atoms with E-state index in [1.807, 2.05) is 13.8 Å². The van der Waals surface area contributed by atoms with Crippen molar-refractivity contribution in [2.45, 2.75) is 26.8 Å². The summed E-state index contributed by atoms with van der Waals surface area (Å²) in [5, 5.41) is 7.51. The summed E-state index contributed by atoms with van der Waals surface area (Å²) >= 11 is 1.67. The monoisotopic (exact) mass is 515 g/mol. The molecule has 1 saturated heterocycles. The Morgan fingerprint density at radius 2 is 1.86 bits per heavy atom. The number of hydrogen-bond donors (Lipinski definition) is 2. The third kappa shape index (κ3) is 3.70. The number of nitrogens with zero attached hydrogens (tertiary/aromatic N) is 3. The molecule has 0 aromatic carbocycles. The van der Waals surface area contributed by atoms with Gasteiger partial charge in [0, 0.05) is 25.0 Å². The molecular weight excluding hydrogens is 489 g/mol. The quantitative estimate of drug-likeness (QED) is 0.206. The van der Waals surface area contributed by atoms with Crippen LogP contribution in [0.1, 0.15) is 22.0 Å². The van der Waals surface area contributed by atoms with Gasteiger partial charge in [-0.3, -0.25) is 19.5 Å². The number of aryl methyl sites for hydroxylation is 2. The molecule has 3 aliphatic rings. The zero-order valence-electron chi connectivity index (χ0n) is 16.3.